The molecule has 1 atom stereocenters. The minimum Gasteiger partial charge on any atom is -0.464 e. The van der Waals surface area contributed by atoms with Crippen LogP contribution in [0, 0.1) is 5.41 Å². The molecule has 1 heterocycles. The molecule has 7 heteroatoms. The Morgan fingerprint density at radius 3 is 2.53 bits per heavy atom. The third-order valence-electron chi connectivity index (χ3n) is 3.72. The third-order valence-corrected chi connectivity index (χ3v) is 3.72. The number of carbonyl (C=O) groups excluding carboxylic acids is 4. The van der Waals surface area contributed by atoms with E-state index in [2.05, 4.69) is 5.32 Å². The predicted octanol–water partition coefficient (Wildman–Crippen LogP) is 0.187. The summed E-state index contributed by atoms with van der Waals surface area (Å²) < 4.78 is 4.80. The minimum atomic E-state index is -1.16. The molecular formula is C12H16N2O5. The molecule has 2 rings (SSSR count). The molecule has 7 nitrogen and oxygen atoms in total. The summed E-state index contributed by atoms with van der Waals surface area (Å²) in [5, 5.41) is 2.15. The van der Waals surface area contributed by atoms with Crippen molar-refractivity contribution in [2.45, 2.75) is 39.2 Å². The first-order chi connectivity index (χ1) is 8.94. The van der Waals surface area contributed by atoms with E-state index in [0.29, 0.717) is 12.8 Å². The Hall–Kier alpha value is -1.92. The van der Waals surface area contributed by atoms with Crippen molar-refractivity contribution in [2.24, 2.45) is 5.41 Å². The van der Waals surface area contributed by atoms with Crippen LogP contribution in [0.25, 0.3) is 0 Å². The van der Waals surface area contributed by atoms with Crippen LogP contribution < -0.4 is 5.32 Å². The molecule has 0 radical (unpaired) electrons. The number of esters is 1. The van der Waals surface area contributed by atoms with Crippen molar-refractivity contribution < 1.29 is 23.9 Å². The molecule has 0 aromatic rings. The number of urea groups is 1. The molecule has 19 heavy (non-hydrogen) atoms. The number of amides is 4. The van der Waals surface area contributed by atoms with Gasteiger partial charge >= 0.3 is 12.0 Å². The molecule has 1 aliphatic carbocycles. The van der Waals surface area contributed by atoms with Crippen LogP contribution in [0.5, 0.6) is 0 Å². The van der Waals surface area contributed by atoms with Crippen LogP contribution in [0.3, 0.4) is 0 Å². The van der Waals surface area contributed by atoms with Crippen LogP contribution in [-0.4, -0.2) is 41.4 Å². The van der Waals surface area contributed by atoms with Gasteiger partial charge in [-0.25, -0.2) is 14.5 Å². The number of ether oxygens (including phenoxy) is 1. The Kier molecular flexibility index (Phi) is 3.30. The fourth-order valence-electron chi connectivity index (χ4n) is 2.39. The zero-order valence-electron chi connectivity index (χ0n) is 10.9. The van der Waals surface area contributed by atoms with E-state index in [4.69, 9.17) is 4.74 Å². The van der Waals surface area contributed by atoms with Gasteiger partial charge in [-0.05, 0) is 26.7 Å². The van der Waals surface area contributed by atoms with Crippen LogP contribution >= 0.6 is 0 Å². The summed E-state index contributed by atoms with van der Waals surface area (Å²) in [6.07, 6.45) is 1.59. The number of nitrogens with one attached hydrogen (secondary N) is 1. The molecule has 4 amide bonds. The fraction of sp³-hybridized carbons (Fsp3) is 0.667. The topological polar surface area (TPSA) is 92.8 Å². The van der Waals surface area contributed by atoms with Gasteiger partial charge in [-0.15, -0.1) is 0 Å². The minimum absolute atomic E-state index is 0.164. The van der Waals surface area contributed by atoms with Crippen LogP contribution in [0.1, 0.15) is 33.1 Å². The maximum absolute atomic E-state index is 12.3. The second-order valence-corrected chi connectivity index (χ2v) is 4.80. The maximum atomic E-state index is 12.3. The number of imide groups is 2. The van der Waals surface area contributed by atoms with Crippen molar-refractivity contribution in [3.8, 4) is 0 Å². The average molecular weight is 268 g/mol. The van der Waals surface area contributed by atoms with Gasteiger partial charge < -0.3 is 4.74 Å². The Labute approximate surface area is 110 Å². The van der Waals surface area contributed by atoms with Gasteiger partial charge in [0.1, 0.15) is 11.5 Å². The highest BCUT2D eigenvalue weighted by Crippen LogP contribution is 2.44. The zero-order valence-corrected chi connectivity index (χ0v) is 10.9. The second kappa shape index (κ2) is 4.64. The van der Waals surface area contributed by atoms with Crippen molar-refractivity contribution in [1.82, 2.24) is 10.2 Å². The highest BCUT2D eigenvalue weighted by Gasteiger charge is 2.58. The standard InChI is InChI=1S/C12H16N2O5/c1-3-19-8(15)7(2)14-10(17)12(5-4-6-12)9(16)13-11(14)18/h7H,3-6H2,1-2H3,(H,13,16,18). The molecule has 2 aliphatic rings. The summed E-state index contributed by atoms with van der Waals surface area (Å²) in [6.45, 7) is 3.22. The van der Waals surface area contributed by atoms with Gasteiger partial charge in [-0.2, -0.15) is 0 Å². The van der Waals surface area contributed by atoms with E-state index in [1.807, 2.05) is 0 Å². The summed E-state index contributed by atoms with van der Waals surface area (Å²) in [4.78, 5) is 48.3. The molecule has 1 spiro atoms. The van der Waals surface area contributed by atoms with Gasteiger partial charge in [-0.1, -0.05) is 6.42 Å². The number of barbiturate groups is 1. The molecule has 1 N–H and O–H groups in total. The number of carbonyl (C=O) groups is 4. The van der Waals surface area contributed by atoms with E-state index in [1.165, 1.54) is 6.92 Å². The first-order valence-electron chi connectivity index (χ1n) is 6.29. The molecule has 104 valence electrons. The quantitative estimate of drug-likeness (QED) is 0.582. The SMILES string of the molecule is CCOC(=O)C(C)N1C(=O)NC(=O)C2(CCC2)C1=O. The molecule has 0 aromatic carbocycles. The van der Waals surface area contributed by atoms with E-state index in [1.54, 1.807) is 6.92 Å². The first-order valence-corrected chi connectivity index (χ1v) is 6.29. The van der Waals surface area contributed by atoms with Crippen LogP contribution in [0.15, 0.2) is 0 Å². The molecule has 1 saturated carbocycles. The predicted molar refractivity (Wildman–Crippen MR) is 62.8 cm³/mol. The van der Waals surface area contributed by atoms with E-state index in [9.17, 15) is 19.2 Å². The lowest BCUT2D eigenvalue weighted by Gasteiger charge is -2.45. The second-order valence-electron chi connectivity index (χ2n) is 4.80. The molecule has 1 unspecified atom stereocenters. The summed E-state index contributed by atoms with van der Waals surface area (Å²) in [5.41, 5.74) is -1.16. The van der Waals surface area contributed by atoms with E-state index in [-0.39, 0.29) is 6.61 Å². The molecule has 1 saturated heterocycles. The number of rotatable bonds is 3. The van der Waals surface area contributed by atoms with Crippen molar-refractivity contribution in [2.75, 3.05) is 6.61 Å². The summed E-state index contributed by atoms with van der Waals surface area (Å²) in [5.74, 6) is -1.80. The lowest BCUT2D eigenvalue weighted by molar-refractivity contribution is -0.164. The number of hydrogen-bond acceptors (Lipinski definition) is 5. The van der Waals surface area contributed by atoms with E-state index >= 15 is 0 Å². The van der Waals surface area contributed by atoms with Gasteiger partial charge in [0, 0.05) is 0 Å². The van der Waals surface area contributed by atoms with Gasteiger partial charge in [0.15, 0.2) is 0 Å². The van der Waals surface area contributed by atoms with Crippen molar-refractivity contribution >= 4 is 23.8 Å². The first kappa shape index (κ1) is 13.5. The number of hydrogen-bond donors (Lipinski definition) is 1. The van der Waals surface area contributed by atoms with E-state index in [0.717, 1.165) is 11.3 Å². The van der Waals surface area contributed by atoms with Crippen molar-refractivity contribution in [3.05, 3.63) is 0 Å². The van der Waals surface area contributed by atoms with Gasteiger partial charge in [0.25, 0.3) is 0 Å². The highest BCUT2D eigenvalue weighted by atomic mass is 16.5. The molecule has 2 fully saturated rings. The largest absolute Gasteiger partial charge is 0.464 e. The molecule has 0 bridgehead atoms. The smallest absolute Gasteiger partial charge is 0.331 e. The van der Waals surface area contributed by atoms with Crippen LogP contribution in [0.2, 0.25) is 0 Å². The van der Waals surface area contributed by atoms with E-state index < -0.39 is 35.3 Å². The Balaban J connectivity index is 2.24. The summed E-state index contributed by atoms with van der Waals surface area (Å²) >= 11 is 0. The Bertz CT molecular complexity index is 455. The number of nitrogens with zero attached hydrogens (tertiary/aromatic N) is 1. The Morgan fingerprint density at radius 1 is 1.42 bits per heavy atom. The van der Waals surface area contributed by atoms with Gasteiger partial charge in [-0.3, -0.25) is 14.9 Å². The van der Waals surface area contributed by atoms with Gasteiger partial charge in [0.05, 0.1) is 6.61 Å². The van der Waals surface area contributed by atoms with Crippen molar-refractivity contribution in [3.63, 3.8) is 0 Å². The maximum Gasteiger partial charge on any atom is 0.331 e. The van der Waals surface area contributed by atoms with Crippen LogP contribution in [-0.2, 0) is 19.1 Å². The average Bonchev–Trinajstić information content (AvgIpc) is 2.26. The lowest BCUT2D eigenvalue weighted by atomic mass is 9.66. The van der Waals surface area contributed by atoms with Crippen LogP contribution in [0.4, 0.5) is 4.79 Å². The zero-order chi connectivity index (χ0) is 14.2. The summed E-state index contributed by atoms with van der Waals surface area (Å²) in [7, 11) is 0. The lowest BCUT2D eigenvalue weighted by Crippen LogP contribution is -2.68. The Morgan fingerprint density at radius 2 is 2.05 bits per heavy atom. The normalized spacial score (nSPS) is 22.8. The molecular weight excluding hydrogens is 252 g/mol. The van der Waals surface area contributed by atoms with Gasteiger partial charge in [0.2, 0.25) is 11.8 Å². The van der Waals surface area contributed by atoms with Crippen molar-refractivity contribution in [1.29, 1.82) is 0 Å². The summed E-state index contributed by atoms with van der Waals surface area (Å²) in [6, 6.07) is -1.88. The monoisotopic (exact) mass is 268 g/mol. The fourth-order valence-corrected chi connectivity index (χ4v) is 2.39. The molecule has 1 aliphatic heterocycles. The molecule has 0 aromatic heterocycles. The highest BCUT2D eigenvalue weighted by molar-refractivity contribution is 6.20. The third kappa shape index (κ3) is 1.89.